The fraction of sp³-hybridized carbons (Fsp3) is 0.833. The van der Waals surface area contributed by atoms with Crippen molar-refractivity contribution in [1.29, 1.82) is 0 Å². The first kappa shape index (κ1) is 10.3. The Balaban J connectivity index is 2.43. The van der Waals surface area contributed by atoms with E-state index in [1.54, 1.807) is 0 Å². The summed E-state index contributed by atoms with van der Waals surface area (Å²) < 4.78 is 9.84. The fourth-order valence-electron chi connectivity index (χ4n) is 1.20. The number of nitrogens with one attached hydrogen (secondary N) is 1. The highest BCUT2D eigenvalue weighted by molar-refractivity contribution is 6.11. The Kier molecular flexibility index (Phi) is 3.53. The normalized spacial score (nSPS) is 32.9. The third-order valence-electron chi connectivity index (χ3n) is 1.79. The molecule has 1 unspecified atom stereocenters. The second-order valence-electron chi connectivity index (χ2n) is 2.72. The first-order valence-corrected chi connectivity index (χ1v) is 3.86. The lowest BCUT2D eigenvalue weighted by atomic mass is 9.96. The van der Waals surface area contributed by atoms with E-state index in [4.69, 9.17) is 28.3 Å². The molecule has 0 spiro atoms. The molecule has 0 saturated carbocycles. The maximum atomic E-state index is 10.7. The summed E-state index contributed by atoms with van der Waals surface area (Å²) in [5, 5.41) is 8.82. The molecule has 7 heteroatoms. The summed E-state index contributed by atoms with van der Waals surface area (Å²) in [5.41, 5.74) is 1.81. The summed E-state index contributed by atoms with van der Waals surface area (Å²) in [4.78, 5) is 10.7. The van der Waals surface area contributed by atoms with Crippen molar-refractivity contribution in [3.8, 4) is 0 Å². The number of amides is 1. The van der Waals surface area contributed by atoms with Crippen LogP contribution in [0.25, 0.3) is 0 Å². The van der Waals surface area contributed by atoms with Gasteiger partial charge >= 0.3 is 6.09 Å². The lowest BCUT2D eigenvalue weighted by molar-refractivity contribution is -0.0116. The lowest BCUT2D eigenvalue weighted by Crippen LogP contribution is -2.37. The number of ether oxygens (including phenoxy) is 2. The van der Waals surface area contributed by atoms with Crippen molar-refractivity contribution in [3.63, 3.8) is 0 Å². The van der Waals surface area contributed by atoms with Crippen LogP contribution in [-0.2, 0) is 9.47 Å². The van der Waals surface area contributed by atoms with E-state index < -0.39 is 24.3 Å². The number of hydrogen-bond donors (Lipinski definition) is 3. The molecule has 1 amide bonds. The van der Waals surface area contributed by atoms with Gasteiger partial charge in [0, 0.05) is 12.4 Å². The summed E-state index contributed by atoms with van der Waals surface area (Å²) >= 11 is 0. The zero-order valence-corrected chi connectivity index (χ0v) is 6.97. The second-order valence-corrected chi connectivity index (χ2v) is 2.72. The minimum absolute atomic E-state index is 0.240. The molecule has 1 rings (SSSR count). The van der Waals surface area contributed by atoms with Crippen LogP contribution in [0.2, 0.25) is 0 Å². The molecule has 0 aromatic carbocycles. The van der Waals surface area contributed by atoms with Gasteiger partial charge in [-0.3, -0.25) is 5.43 Å². The maximum absolute atomic E-state index is 10.7. The average Bonchev–Trinajstić information content (AvgIpc) is 2.46. The predicted molar refractivity (Wildman–Crippen MR) is 43.7 cm³/mol. The van der Waals surface area contributed by atoms with Crippen LogP contribution in [0, 0.1) is 0 Å². The Morgan fingerprint density at radius 2 is 2.54 bits per heavy atom. The summed E-state index contributed by atoms with van der Waals surface area (Å²) in [6.45, 7) is -0.240. The Morgan fingerprint density at radius 3 is 3.08 bits per heavy atom. The van der Waals surface area contributed by atoms with Crippen molar-refractivity contribution >= 4 is 13.9 Å². The smallest absolute Gasteiger partial charge is 0.421 e. The second kappa shape index (κ2) is 4.45. The zero-order valence-electron chi connectivity index (χ0n) is 6.97. The molecule has 0 aromatic heterocycles. The first-order valence-electron chi connectivity index (χ1n) is 3.86. The Morgan fingerprint density at radius 1 is 1.85 bits per heavy atom. The molecule has 1 aliphatic rings. The number of hydrazine groups is 1. The Hall–Kier alpha value is -0.785. The van der Waals surface area contributed by atoms with E-state index in [1.807, 2.05) is 5.43 Å². The van der Waals surface area contributed by atoms with E-state index in [-0.39, 0.29) is 6.61 Å². The average molecular weight is 186 g/mol. The maximum Gasteiger partial charge on any atom is 0.421 e. The van der Waals surface area contributed by atoms with Gasteiger partial charge in [0.2, 0.25) is 0 Å². The monoisotopic (exact) mass is 186 g/mol. The van der Waals surface area contributed by atoms with Crippen LogP contribution < -0.4 is 11.3 Å². The summed E-state index contributed by atoms with van der Waals surface area (Å²) in [6, 6.07) is -0.507. The largest absolute Gasteiger partial charge is 0.442 e. The fourth-order valence-corrected chi connectivity index (χ4v) is 1.20. The molecule has 1 fully saturated rings. The van der Waals surface area contributed by atoms with Gasteiger partial charge in [-0.15, -0.1) is 0 Å². The van der Waals surface area contributed by atoms with E-state index in [1.165, 1.54) is 0 Å². The van der Waals surface area contributed by atoms with Gasteiger partial charge in [-0.2, -0.15) is 0 Å². The van der Waals surface area contributed by atoms with E-state index in [0.29, 0.717) is 6.42 Å². The van der Waals surface area contributed by atoms with Gasteiger partial charge in [-0.05, 0) is 0 Å². The van der Waals surface area contributed by atoms with Crippen LogP contribution >= 0.6 is 0 Å². The molecule has 0 bridgehead atoms. The number of nitrogens with two attached hydrogens (primary N) is 1. The van der Waals surface area contributed by atoms with Crippen molar-refractivity contribution in [2.45, 2.75) is 24.6 Å². The number of aliphatic hydroxyl groups is 1. The molecule has 2 radical (unpaired) electrons. The topological polar surface area (TPSA) is 93.8 Å². The third kappa shape index (κ3) is 2.58. The van der Waals surface area contributed by atoms with E-state index in [9.17, 15) is 4.79 Å². The van der Waals surface area contributed by atoms with E-state index >= 15 is 0 Å². The molecule has 72 valence electrons. The van der Waals surface area contributed by atoms with Gasteiger partial charge in [0.25, 0.3) is 0 Å². The molecule has 1 heterocycles. The molecule has 3 atom stereocenters. The van der Waals surface area contributed by atoms with Gasteiger partial charge in [-0.25, -0.2) is 10.6 Å². The van der Waals surface area contributed by atoms with Crippen LogP contribution in [0.3, 0.4) is 0 Å². The van der Waals surface area contributed by atoms with Crippen LogP contribution in [-0.4, -0.2) is 43.9 Å². The highest BCUT2D eigenvalue weighted by Gasteiger charge is 2.34. The van der Waals surface area contributed by atoms with Gasteiger partial charge < -0.3 is 14.6 Å². The minimum atomic E-state index is -0.763. The summed E-state index contributed by atoms with van der Waals surface area (Å²) in [6.07, 6.45) is -1.50. The molecule has 0 aliphatic carbocycles. The van der Waals surface area contributed by atoms with E-state index in [0.717, 1.165) is 0 Å². The van der Waals surface area contributed by atoms with Crippen molar-refractivity contribution < 1.29 is 19.4 Å². The third-order valence-corrected chi connectivity index (χ3v) is 1.79. The number of hydrogen-bond acceptors (Lipinski definition) is 5. The van der Waals surface area contributed by atoms with E-state index in [2.05, 4.69) is 0 Å². The standard InChI is InChI=1S/C6H11BN2O4/c7-5-1-3(4(2-10)12-5)13-6(11)9-8/h3-5,10H,1-2,8H2,(H,9,11)/t3?,4-,5-/m1/s1. The zero-order chi connectivity index (χ0) is 9.84. The van der Waals surface area contributed by atoms with Crippen LogP contribution in [0.1, 0.15) is 6.42 Å². The molecule has 6 nitrogen and oxygen atoms in total. The summed E-state index contributed by atoms with van der Waals surface area (Å²) in [5.74, 6) is 4.81. The number of carbonyl (C=O) groups excluding carboxylic acids is 1. The SMILES string of the molecule is [B][C@H]1CC(OC(=O)NN)[C@@H](CO)O1. The molecular formula is C6H11BN2O4. The van der Waals surface area contributed by atoms with Crippen molar-refractivity contribution in [3.05, 3.63) is 0 Å². The minimum Gasteiger partial charge on any atom is -0.442 e. The summed E-state index contributed by atoms with van der Waals surface area (Å²) in [7, 11) is 5.43. The van der Waals surface area contributed by atoms with Gasteiger partial charge in [-0.1, -0.05) is 0 Å². The van der Waals surface area contributed by atoms with Crippen LogP contribution in [0.4, 0.5) is 4.79 Å². The Labute approximate surface area is 76.8 Å². The van der Waals surface area contributed by atoms with Crippen molar-refractivity contribution in [1.82, 2.24) is 5.43 Å². The molecule has 4 N–H and O–H groups in total. The van der Waals surface area contributed by atoms with Crippen LogP contribution in [0.5, 0.6) is 0 Å². The number of aliphatic hydroxyl groups excluding tert-OH is 1. The number of rotatable bonds is 2. The molecule has 0 aromatic rings. The molecular weight excluding hydrogens is 175 g/mol. The highest BCUT2D eigenvalue weighted by Crippen LogP contribution is 2.20. The highest BCUT2D eigenvalue weighted by atomic mass is 16.6. The predicted octanol–water partition coefficient (Wildman–Crippen LogP) is -1.77. The molecule has 13 heavy (non-hydrogen) atoms. The quantitative estimate of drug-likeness (QED) is 0.205. The molecule has 1 saturated heterocycles. The van der Waals surface area contributed by atoms with Crippen molar-refractivity contribution in [2.24, 2.45) is 5.84 Å². The Bertz CT molecular complexity index is 191. The van der Waals surface area contributed by atoms with Gasteiger partial charge in [0.1, 0.15) is 20.1 Å². The van der Waals surface area contributed by atoms with Crippen LogP contribution in [0.15, 0.2) is 0 Å². The first-order chi connectivity index (χ1) is 6.17. The number of carbonyl (C=O) groups is 1. The van der Waals surface area contributed by atoms with Gasteiger partial charge in [0.15, 0.2) is 0 Å². The lowest BCUT2D eigenvalue weighted by Gasteiger charge is -2.16. The van der Waals surface area contributed by atoms with Crippen molar-refractivity contribution in [2.75, 3.05) is 6.61 Å². The van der Waals surface area contributed by atoms with Gasteiger partial charge in [0.05, 0.1) is 6.61 Å². The molecule has 1 aliphatic heterocycles.